The quantitative estimate of drug-likeness (QED) is 0.119. The van der Waals surface area contributed by atoms with Crippen LogP contribution in [0.15, 0.2) is 90.8 Å². The Balaban J connectivity index is 1.83. The van der Waals surface area contributed by atoms with Gasteiger partial charge in [0.05, 0.1) is 18.8 Å². The molecule has 2 unspecified atom stereocenters. The van der Waals surface area contributed by atoms with Crippen molar-refractivity contribution >= 4 is 13.6 Å². The van der Waals surface area contributed by atoms with Crippen LogP contribution in [-0.4, -0.2) is 18.7 Å². The van der Waals surface area contributed by atoms with Crippen LogP contribution in [-0.2, 0) is 36.4 Å². The van der Waals surface area contributed by atoms with Gasteiger partial charge in [0.15, 0.2) is 11.5 Å². The van der Waals surface area contributed by atoms with Gasteiger partial charge in [0.2, 0.25) is 0 Å². The minimum atomic E-state index is -4.03. The predicted molar refractivity (Wildman–Crippen MR) is 147 cm³/mol. The van der Waals surface area contributed by atoms with E-state index < -0.39 is 25.8 Å². The van der Waals surface area contributed by atoms with Crippen LogP contribution < -0.4 is 9.47 Å². The molecule has 7 nitrogen and oxygen atoms in total. The van der Waals surface area contributed by atoms with Gasteiger partial charge in [-0.05, 0) is 56.5 Å². The summed E-state index contributed by atoms with van der Waals surface area (Å²) in [4.78, 5) is 12.4. The number of hydrogen-bond acceptors (Lipinski definition) is 7. The second-order valence-electron chi connectivity index (χ2n) is 8.82. The molecule has 0 N–H and O–H groups in total. The summed E-state index contributed by atoms with van der Waals surface area (Å²) in [6.07, 6.45) is -1.13. The number of esters is 1. The molecule has 0 aliphatic carbocycles. The van der Waals surface area contributed by atoms with E-state index in [9.17, 15) is 9.36 Å². The largest absolute Gasteiger partial charge is 0.485 e. The lowest BCUT2D eigenvalue weighted by Gasteiger charge is -2.24. The molecule has 0 radical (unpaired) electrons. The lowest BCUT2D eigenvalue weighted by molar-refractivity contribution is -0.142. The zero-order valence-corrected chi connectivity index (χ0v) is 23.2. The molecule has 0 amide bonds. The normalized spacial score (nSPS) is 13.4. The van der Waals surface area contributed by atoms with Crippen LogP contribution in [0, 0.1) is 0 Å². The molecule has 3 aromatic carbocycles. The third kappa shape index (κ3) is 8.32. The van der Waals surface area contributed by atoms with Crippen molar-refractivity contribution in [2.45, 2.75) is 53.1 Å². The summed E-state index contributed by atoms with van der Waals surface area (Å²) in [7, 11) is -4.03. The van der Waals surface area contributed by atoms with Crippen LogP contribution in [0.3, 0.4) is 0 Å². The monoisotopic (exact) mass is 538 g/mol. The van der Waals surface area contributed by atoms with E-state index in [1.54, 1.807) is 45.9 Å². The zero-order chi connectivity index (χ0) is 27.5. The lowest BCUT2D eigenvalue weighted by atomic mass is 10.1. The second-order valence-corrected chi connectivity index (χ2v) is 10.8. The Hall–Kier alpha value is -3.38. The summed E-state index contributed by atoms with van der Waals surface area (Å²) >= 11 is 0. The first-order valence-electron chi connectivity index (χ1n) is 12.5. The van der Waals surface area contributed by atoms with E-state index in [2.05, 4.69) is 6.58 Å². The number of rotatable bonds is 14. The fourth-order valence-electron chi connectivity index (χ4n) is 3.49. The molecule has 8 heteroatoms. The Bertz CT molecular complexity index is 1240. The molecule has 38 heavy (non-hydrogen) atoms. The van der Waals surface area contributed by atoms with Gasteiger partial charge >= 0.3 is 13.6 Å². The van der Waals surface area contributed by atoms with Gasteiger partial charge in [0, 0.05) is 0 Å². The van der Waals surface area contributed by atoms with Gasteiger partial charge in [-0.15, -0.1) is 0 Å². The van der Waals surface area contributed by atoms with E-state index >= 15 is 0 Å². The maximum Gasteiger partial charge on any atom is 0.368 e. The molecule has 0 aliphatic rings. The summed E-state index contributed by atoms with van der Waals surface area (Å²) in [5.74, 6) is 0.237. The average Bonchev–Trinajstić information content (AvgIpc) is 2.91. The van der Waals surface area contributed by atoms with E-state index in [-0.39, 0.29) is 11.9 Å². The second kappa shape index (κ2) is 14.0. The fourth-order valence-corrected chi connectivity index (χ4v) is 4.98. The van der Waals surface area contributed by atoms with Crippen LogP contribution in [0.2, 0.25) is 0 Å². The van der Waals surface area contributed by atoms with E-state index in [0.29, 0.717) is 30.3 Å². The van der Waals surface area contributed by atoms with Crippen LogP contribution in [0.1, 0.15) is 50.5 Å². The highest BCUT2D eigenvalue weighted by Crippen LogP contribution is 2.58. The number of hydrogen-bond donors (Lipinski definition) is 0. The van der Waals surface area contributed by atoms with Gasteiger partial charge in [-0.3, -0.25) is 9.09 Å². The Morgan fingerprint density at radius 2 is 1.39 bits per heavy atom. The molecule has 3 rings (SSSR count). The van der Waals surface area contributed by atoms with E-state index in [4.69, 9.17) is 23.3 Å². The van der Waals surface area contributed by atoms with Crippen molar-refractivity contribution in [2.24, 2.45) is 0 Å². The minimum absolute atomic E-state index is 0.0652. The van der Waals surface area contributed by atoms with Crippen molar-refractivity contribution in [3.63, 3.8) is 0 Å². The molecule has 0 aromatic heterocycles. The molecule has 0 aliphatic heterocycles. The van der Waals surface area contributed by atoms with E-state index in [1.807, 2.05) is 60.7 Å². The Morgan fingerprint density at radius 1 is 0.842 bits per heavy atom. The van der Waals surface area contributed by atoms with Gasteiger partial charge in [-0.2, -0.15) is 0 Å². The average molecular weight is 539 g/mol. The highest BCUT2D eigenvalue weighted by atomic mass is 31.2. The third-order valence-corrected chi connectivity index (χ3v) is 7.45. The van der Waals surface area contributed by atoms with Gasteiger partial charge < -0.3 is 18.7 Å². The van der Waals surface area contributed by atoms with Crippen molar-refractivity contribution in [3.8, 4) is 11.5 Å². The molecule has 2 atom stereocenters. The summed E-state index contributed by atoms with van der Waals surface area (Å²) < 4.78 is 42.2. The first-order chi connectivity index (χ1) is 18.2. The molecular formula is C30H35O7P. The number of carbonyl (C=O) groups excluding carboxylic acids is 1. The maximum atomic E-state index is 13.5. The SMILES string of the molecule is C=C(C(=O)OC(C)C)P(=O)(OCC)OC(C)c1ccc(OCc2ccccc2)c(OCc2ccccc2)c1. The van der Waals surface area contributed by atoms with Crippen molar-refractivity contribution < 1.29 is 32.6 Å². The first kappa shape index (κ1) is 29.2. The fraction of sp³-hybridized carbons (Fsp3) is 0.300. The van der Waals surface area contributed by atoms with Crippen molar-refractivity contribution in [1.29, 1.82) is 0 Å². The molecule has 3 aromatic rings. The smallest absolute Gasteiger partial charge is 0.368 e. The van der Waals surface area contributed by atoms with Gasteiger partial charge in [-0.1, -0.05) is 73.3 Å². The standard InChI is InChI=1S/C30H35O7P/c1-6-35-38(32,24(5)30(31)36-22(2)3)37-23(4)27-17-18-28(33-20-25-13-9-7-10-14-25)29(19-27)34-21-26-15-11-8-12-16-26/h7-19,22-23H,5-6,20-21H2,1-4H3. The Morgan fingerprint density at radius 3 is 1.92 bits per heavy atom. The highest BCUT2D eigenvalue weighted by molar-refractivity contribution is 7.59. The maximum absolute atomic E-state index is 13.5. The van der Waals surface area contributed by atoms with E-state index in [0.717, 1.165) is 11.1 Å². The van der Waals surface area contributed by atoms with Gasteiger partial charge in [-0.25, -0.2) is 4.79 Å². The molecular weight excluding hydrogens is 503 g/mol. The molecule has 0 spiro atoms. The molecule has 0 saturated carbocycles. The van der Waals surface area contributed by atoms with Gasteiger partial charge in [0.1, 0.15) is 18.5 Å². The predicted octanol–water partition coefficient (Wildman–Crippen LogP) is 7.62. The summed E-state index contributed by atoms with van der Waals surface area (Å²) in [6, 6.07) is 25.0. The van der Waals surface area contributed by atoms with Crippen molar-refractivity contribution in [1.82, 2.24) is 0 Å². The summed E-state index contributed by atoms with van der Waals surface area (Å²) in [5, 5.41) is -0.344. The van der Waals surface area contributed by atoms with Gasteiger partial charge in [0.25, 0.3) is 0 Å². The van der Waals surface area contributed by atoms with Crippen LogP contribution >= 0.6 is 7.60 Å². The minimum Gasteiger partial charge on any atom is -0.485 e. The molecule has 0 saturated heterocycles. The Labute approximate surface area is 224 Å². The zero-order valence-electron chi connectivity index (χ0n) is 22.3. The number of carbonyl (C=O) groups is 1. The van der Waals surface area contributed by atoms with Crippen molar-refractivity contribution in [3.05, 3.63) is 107 Å². The Kier molecular flexibility index (Phi) is 10.7. The molecule has 0 fully saturated rings. The van der Waals surface area contributed by atoms with Crippen LogP contribution in [0.4, 0.5) is 0 Å². The van der Waals surface area contributed by atoms with Crippen molar-refractivity contribution in [2.75, 3.05) is 6.61 Å². The summed E-state index contributed by atoms with van der Waals surface area (Å²) in [6.45, 7) is 11.2. The first-order valence-corrected chi connectivity index (χ1v) is 14.1. The number of ether oxygens (including phenoxy) is 3. The number of benzene rings is 3. The van der Waals surface area contributed by atoms with Crippen LogP contribution in [0.5, 0.6) is 11.5 Å². The van der Waals surface area contributed by atoms with Crippen LogP contribution in [0.25, 0.3) is 0 Å². The molecule has 202 valence electrons. The molecule has 0 heterocycles. The highest BCUT2D eigenvalue weighted by Gasteiger charge is 2.37. The molecule has 0 bridgehead atoms. The third-order valence-electron chi connectivity index (χ3n) is 5.42. The summed E-state index contributed by atoms with van der Waals surface area (Å²) in [5.41, 5.74) is 2.67. The van der Waals surface area contributed by atoms with E-state index in [1.165, 1.54) is 0 Å². The lowest BCUT2D eigenvalue weighted by Crippen LogP contribution is -2.15. The topological polar surface area (TPSA) is 80.3 Å².